The normalized spacial score (nSPS) is 18.2. The van der Waals surface area contributed by atoms with Crippen LogP contribution in [-0.2, 0) is 4.79 Å². The molecule has 162 valence electrons. The molecule has 31 heavy (non-hydrogen) atoms. The molecule has 8 heteroatoms. The molecule has 0 saturated heterocycles. The fraction of sp³-hybridized carbons (Fsp3) is 0.304. The minimum absolute atomic E-state index is 0.0537. The lowest BCUT2D eigenvalue weighted by Gasteiger charge is -2.20. The van der Waals surface area contributed by atoms with Crippen LogP contribution in [-0.4, -0.2) is 40.3 Å². The fourth-order valence-corrected chi connectivity index (χ4v) is 5.08. The topological polar surface area (TPSA) is 85.6 Å². The monoisotopic (exact) mass is 439 g/mol. The first-order valence-corrected chi connectivity index (χ1v) is 10.9. The number of phenols is 1. The Bertz CT molecular complexity index is 1130. The molecule has 2 heterocycles. The first-order valence-electron chi connectivity index (χ1n) is 9.91. The van der Waals surface area contributed by atoms with E-state index in [1.54, 1.807) is 16.8 Å². The fourth-order valence-electron chi connectivity index (χ4n) is 3.78. The molecule has 2 unspecified atom stereocenters. The number of fused-ring (bicyclic) bond motifs is 1. The van der Waals surface area contributed by atoms with Crippen LogP contribution in [0.1, 0.15) is 34.6 Å². The third kappa shape index (κ3) is 3.72. The Morgan fingerprint density at radius 3 is 2.42 bits per heavy atom. The standard InChI is InChI=1S/C23H25N3O4S/c1-12-7-6-8-16(9-12)26-22-19(13(2)25-26)21(31-14(3)23(28)24-22)15-10-17(29-4)20(27)18(11-15)30-5/h6-11,14,21,27H,1-5H3,(H,24,28). The van der Waals surface area contributed by atoms with Crippen LogP contribution in [0.3, 0.4) is 0 Å². The molecule has 1 amide bonds. The molecule has 0 bridgehead atoms. The predicted molar refractivity (Wildman–Crippen MR) is 122 cm³/mol. The quantitative estimate of drug-likeness (QED) is 0.628. The second kappa shape index (κ2) is 8.19. The van der Waals surface area contributed by atoms with Crippen LogP contribution in [0.25, 0.3) is 5.69 Å². The number of carbonyl (C=O) groups excluding carboxylic acids is 1. The van der Waals surface area contributed by atoms with Crippen molar-refractivity contribution in [2.45, 2.75) is 31.3 Å². The summed E-state index contributed by atoms with van der Waals surface area (Å²) in [6.07, 6.45) is 0. The zero-order valence-electron chi connectivity index (χ0n) is 18.1. The van der Waals surface area contributed by atoms with E-state index in [0.29, 0.717) is 17.3 Å². The summed E-state index contributed by atoms with van der Waals surface area (Å²) in [7, 11) is 3.00. The summed E-state index contributed by atoms with van der Waals surface area (Å²) in [4.78, 5) is 12.9. The average molecular weight is 440 g/mol. The van der Waals surface area contributed by atoms with Crippen LogP contribution in [0.2, 0.25) is 0 Å². The van der Waals surface area contributed by atoms with Gasteiger partial charge in [0.25, 0.3) is 0 Å². The highest BCUT2D eigenvalue weighted by Crippen LogP contribution is 2.49. The van der Waals surface area contributed by atoms with Crippen molar-refractivity contribution >= 4 is 23.5 Å². The highest BCUT2D eigenvalue weighted by atomic mass is 32.2. The van der Waals surface area contributed by atoms with E-state index in [2.05, 4.69) is 5.32 Å². The number of carbonyl (C=O) groups is 1. The van der Waals surface area contributed by atoms with Crippen LogP contribution >= 0.6 is 11.8 Å². The number of hydrogen-bond donors (Lipinski definition) is 2. The van der Waals surface area contributed by atoms with Crippen LogP contribution < -0.4 is 14.8 Å². The molecule has 7 nitrogen and oxygen atoms in total. The van der Waals surface area contributed by atoms with E-state index in [9.17, 15) is 9.90 Å². The van der Waals surface area contributed by atoms with Gasteiger partial charge >= 0.3 is 0 Å². The van der Waals surface area contributed by atoms with Gasteiger partial charge in [-0.1, -0.05) is 12.1 Å². The molecule has 0 fully saturated rings. The lowest BCUT2D eigenvalue weighted by molar-refractivity contribution is -0.115. The summed E-state index contributed by atoms with van der Waals surface area (Å²) in [6, 6.07) is 11.6. The number of thioether (sulfide) groups is 1. The van der Waals surface area contributed by atoms with Gasteiger partial charge in [-0.15, -0.1) is 11.8 Å². The number of benzene rings is 2. The minimum Gasteiger partial charge on any atom is -0.502 e. The molecule has 1 aliphatic heterocycles. The van der Waals surface area contributed by atoms with Gasteiger partial charge in [0, 0.05) is 5.56 Å². The molecule has 2 aromatic carbocycles. The number of aromatic hydroxyl groups is 1. The molecule has 0 saturated carbocycles. The number of aromatic nitrogens is 2. The third-order valence-corrected chi connectivity index (χ3v) is 6.77. The molecular weight excluding hydrogens is 414 g/mol. The van der Waals surface area contributed by atoms with Gasteiger partial charge in [0.1, 0.15) is 5.82 Å². The van der Waals surface area contributed by atoms with Crippen LogP contribution in [0.15, 0.2) is 36.4 Å². The maximum Gasteiger partial charge on any atom is 0.238 e. The van der Waals surface area contributed by atoms with Crippen LogP contribution in [0.4, 0.5) is 5.82 Å². The lowest BCUT2D eigenvalue weighted by Crippen LogP contribution is -2.22. The van der Waals surface area contributed by atoms with Gasteiger partial charge in [-0.3, -0.25) is 4.79 Å². The van der Waals surface area contributed by atoms with Gasteiger partial charge < -0.3 is 19.9 Å². The van der Waals surface area contributed by atoms with Gasteiger partial charge in [0.15, 0.2) is 11.5 Å². The van der Waals surface area contributed by atoms with Crippen molar-refractivity contribution in [3.05, 3.63) is 58.8 Å². The minimum atomic E-state index is -0.298. The Morgan fingerprint density at radius 2 is 1.81 bits per heavy atom. The number of nitrogens with one attached hydrogen (secondary N) is 1. The van der Waals surface area contributed by atoms with Gasteiger partial charge in [0.2, 0.25) is 11.7 Å². The maximum atomic E-state index is 12.9. The molecule has 0 aliphatic carbocycles. The van der Waals surface area contributed by atoms with E-state index in [-0.39, 0.29) is 22.2 Å². The molecule has 2 N–H and O–H groups in total. The predicted octanol–water partition coefficient (Wildman–Crippen LogP) is 4.38. The summed E-state index contributed by atoms with van der Waals surface area (Å²) >= 11 is 1.52. The maximum absolute atomic E-state index is 12.9. The third-order valence-electron chi connectivity index (χ3n) is 5.37. The molecule has 0 spiro atoms. The summed E-state index contributed by atoms with van der Waals surface area (Å²) < 4.78 is 12.5. The molecule has 3 aromatic rings. The van der Waals surface area contributed by atoms with Crippen molar-refractivity contribution in [3.8, 4) is 22.9 Å². The van der Waals surface area contributed by atoms with Crippen molar-refractivity contribution in [1.82, 2.24) is 9.78 Å². The van der Waals surface area contributed by atoms with Crippen molar-refractivity contribution in [2.24, 2.45) is 0 Å². The van der Waals surface area contributed by atoms with E-state index in [0.717, 1.165) is 28.1 Å². The summed E-state index contributed by atoms with van der Waals surface area (Å²) in [5.41, 5.74) is 4.57. The average Bonchev–Trinajstić information content (AvgIpc) is 3.00. The Morgan fingerprint density at radius 1 is 1.13 bits per heavy atom. The van der Waals surface area contributed by atoms with Gasteiger partial charge in [-0.25, -0.2) is 4.68 Å². The number of methoxy groups -OCH3 is 2. The molecule has 1 aromatic heterocycles. The highest BCUT2D eigenvalue weighted by molar-refractivity contribution is 8.01. The zero-order valence-corrected chi connectivity index (χ0v) is 18.9. The first kappa shape index (κ1) is 21.1. The Balaban J connectivity index is 1.94. The second-order valence-corrected chi connectivity index (χ2v) is 8.97. The smallest absolute Gasteiger partial charge is 0.238 e. The molecule has 1 aliphatic rings. The van der Waals surface area contributed by atoms with Crippen LogP contribution in [0.5, 0.6) is 17.2 Å². The van der Waals surface area contributed by atoms with E-state index >= 15 is 0 Å². The molecule has 0 radical (unpaired) electrons. The van der Waals surface area contributed by atoms with Crippen LogP contribution in [0, 0.1) is 13.8 Å². The number of rotatable bonds is 4. The van der Waals surface area contributed by atoms with Gasteiger partial charge in [0.05, 0.1) is 36.1 Å². The zero-order chi connectivity index (χ0) is 22.3. The number of anilines is 1. The number of ether oxygens (including phenoxy) is 2. The van der Waals surface area contributed by atoms with Crippen molar-refractivity contribution in [1.29, 1.82) is 0 Å². The van der Waals surface area contributed by atoms with Gasteiger partial charge in [-0.2, -0.15) is 5.10 Å². The Hall–Kier alpha value is -3.13. The molecule has 2 atom stereocenters. The first-order chi connectivity index (χ1) is 14.8. The summed E-state index contributed by atoms with van der Waals surface area (Å²) in [6.45, 7) is 5.84. The number of nitrogens with zero attached hydrogens (tertiary/aromatic N) is 2. The Labute approximate surface area is 185 Å². The number of phenolic OH excluding ortho intramolecular Hbond substituents is 1. The molecule has 4 rings (SSSR count). The number of amides is 1. The SMILES string of the molecule is COc1cc(C2SC(C)C(=O)Nc3c2c(C)nn3-c2cccc(C)c2)cc(OC)c1O. The van der Waals surface area contributed by atoms with E-state index in [1.165, 1.54) is 26.0 Å². The van der Waals surface area contributed by atoms with E-state index < -0.39 is 0 Å². The highest BCUT2D eigenvalue weighted by Gasteiger charge is 2.35. The van der Waals surface area contributed by atoms with Gasteiger partial charge in [-0.05, 0) is 56.2 Å². The number of aryl methyl sites for hydroxylation is 2. The lowest BCUT2D eigenvalue weighted by atomic mass is 10.0. The number of hydrogen-bond acceptors (Lipinski definition) is 6. The van der Waals surface area contributed by atoms with Crippen molar-refractivity contribution < 1.29 is 19.4 Å². The van der Waals surface area contributed by atoms with Crippen molar-refractivity contribution in [2.75, 3.05) is 19.5 Å². The largest absolute Gasteiger partial charge is 0.502 e. The van der Waals surface area contributed by atoms with Crippen molar-refractivity contribution in [3.63, 3.8) is 0 Å². The summed E-state index contributed by atoms with van der Waals surface area (Å²) in [5, 5.41) is 17.7. The van der Waals surface area contributed by atoms with E-state index in [1.807, 2.05) is 45.0 Å². The van der Waals surface area contributed by atoms with E-state index in [4.69, 9.17) is 14.6 Å². The Kier molecular flexibility index (Phi) is 5.58. The summed E-state index contributed by atoms with van der Waals surface area (Å²) in [5.74, 6) is 1.15. The second-order valence-electron chi connectivity index (χ2n) is 7.52. The molecular formula is C23H25N3O4S.